The standard InChI is InChI=1S/C9H10N2/c1-8-5-6-9-4-2-3-7-11(9)10-8/h2-4,6-7H,5H2,1H3. The van der Waals surface area contributed by atoms with Gasteiger partial charge >= 0.3 is 0 Å². The lowest BCUT2D eigenvalue weighted by Gasteiger charge is -2.22. The summed E-state index contributed by atoms with van der Waals surface area (Å²) in [6.45, 7) is 2.04. The van der Waals surface area contributed by atoms with Gasteiger partial charge in [-0.25, -0.2) is 5.01 Å². The highest BCUT2D eigenvalue weighted by Crippen LogP contribution is 2.17. The van der Waals surface area contributed by atoms with Crippen LogP contribution in [0.5, 0.6) is 0 Å². The summed E-state index contributed by atoms with van der Waals surface area (Å²) < 4.78 is 0. The number of allylic oxidation sites excluding steroid dienone is 4. The fourth-order valence-electron chi connectivity index (χ4n) is 1.18. The molecule has 2 heteroatoms. The second kappa shape index (κ2) is 2.38. The zero-order valence-electron chi connectivity index (χ0n) is 6.49. The van der Waals surface area contributed by atoms with Gasteiger partial charge < -0.3 is 0 Å². The Kier molecular flexibility index (Phi) is 1.39. The topological polar surface area (TPSA) is 15.6 Å². The van der Waals surface area contributed by atoms with Gasteiger partial charge in [-0.15, -0.1) is 0 Å². The van der Waals surface area contributed by atoms with Crippen LogP contribution in [0.4, 0.5) is 0 Å². The Balaban J connectivity index is 2.31. The van der Waals surface area contributed by atoms with Gasteiger partial charge in [0.15, 0.2) is 0 Å². The zero-order valence-corrected chi connectivity index (χ0v) is 6.49. The van der Waals surface area contributed by atoms with Crippen LogP contribution >= 0.6 is 0 Å². The second-order valence-corrected chi connectivity index (χ2v) is 2.71. The monoisotopic (exact) mass is 146 g/mol. The van der Waals surface area contributed by atoms with Gasteiger partial charge in [0.25, 0.3) is 0 Å². The van der Waals surface area contributed by atoms with Gasteiger partial charge in [-0.2, -0.15) is 5.10 Å². The summed E-state index contributed by atoms with van der Waals surface area (Å²) in [5.41, 5.74) is 2.34. The van der Waals surface area contributed by atoms with E-state index < -0.39 is 0 Å². The van der Waals surface area contributed by atoms with Gasteiger partial charge in [0.2, 0.25) is 0 Å². The molecule has 0 bridgehead atoms. The number of hydrazone groups is 1. The van der Waals surface area contributed by atoms with Crippen LogP contribution in [-0.2, 0) is 0 Å². The van der Waals surface area contributed by atoms with Gasteiger partial charge in [-0.3, -0.25) is 0 Å². The molecule has 2 heterocycles. The zero-order chi connectivity index (χ0) is 7.68. The molecule has 0 aromatic heterocycles. The average Bonchev–Trinajstić information content (AvgIpc) is 2.04. The molecule has 56 valence electrons. The van der Waals surface area contributed by atoms with Gasteiger partial charge in [0.1, 0.15) is 0 Å². The highest BCUT2D eigenvalue weighted by Gasteiger charge is 2.09. The number of hydrogen-bond donors (Lipinski definition) is 0. The molecule has 2 rings (SSSR count). The molecule has 0 N–H and O–H groups in total. The van der Waals surface area contributed by atoms with Crippen LogP contribution in [0, 0.1) is 0 Å². The molecule has 0 aromatic carbocycles. The molecule has 0 spiro atoms. The first-order valence-electron chi connectivity index (χ1n) is 3.74. The summed E-state index contributed by atoms with van der Waals surface area (Å²) >= 11 is 0. The number of hydrogen-bond acceptors (Lipinski definition) is 2. The van der Waals surface area contributed by atoms with Crippen LogP contribution in [0.1, 0.15) is 13.3 Å². The number of rotatable bonds is 0. The average molecular weight is 146 g/mol. The molecule has 2 aliphatic heterocycles. The minimum atomic E-state index is 0.976. The van der Waals surface area contributed by atoms with Gasteiger partial charge in [0, 0.05) is 18.3 Å². The van der Waals surface area contributed by atoms with Crippen molar-refractivity contribution in [2.45, 2.75) is 13.3 Å². The van der Waals surface area contributed by atoms with Crippen molar-refractivity contribution in [1.82, 2.24) is 5.01 Å². The molecule has 0 unspecified atom stereocenters. The van der Waals surface area contributed by atoms with E-state index >= 15 is 0 Å². The largest absolute Gasteiger partial charge is 0.241 e. The summed E-state index contributed by atoms with van der Waals surface area (Å²) in [5.74, 6) is 0. The molecule has 0 saturated carbocycles. The van der Waals surface area contributed by atoms with Gasteiger partial charge in [-0.05, 0) is 19.1 Å². The van der Waals surface area contributed by atoms with Crippen LogP contribution in [0.15, 0.2) is 41.3 Å². The third kappa shape index (κ3) is 1.11. The maximum absolute atomic E-state index is 4.35. The van der Waals surface area contributed by atoms with E-state index in [0.29, 0.717) is 0 Å². The molecule has 0 radical (unpaired) electrons. The summed E-state index contributed by atoms with van der Waals surface area (Å²) in [6.07, 6.45) is 11.2. The summed E-state index contributed by atoms with van der Waals surface area (Å²) in [5, 5.41) is 6.25. The first-order chi connectivity index (χ1) is 5.36. The first-order valence-corrected chi connectivity index (χ1v) is 3.74. The van der Waals surface area contributed by atoms with Crippen molar-refractivity contribution in [2.24, 2.45) is 5.10 Å². The minimum absolute atomic E-state index is 0.976. The normalized spacial score (nSPS) is 21.0. The van der Waals surface area contributed by atoms with Crippen LogP contribution < -0.4 is 0 Å². The smallest absolute Gasteiger partial charge is 0.0609 e. The molecule has 11 heavy (non-hydrogen) atoms. The Bertz CT molecular complexity index is 282. The van der Waals surface area contributed by atoms with E-state index in [2.05, 4.69) is 17.3 Å². The number of nitrogens with zero attached hydrogens (tertiary/aromatic N) is 2. The summed E-state index contributed by atoms with van der Waals surface area (Å²) in [7, 11) is 0. The molecule has 0 amide bonds. The predicted molar refractivity (Wildman–Crippen MR) is 45.9 cm³/mol. The summed E-state index contributed by atoms with van der Waals surface area (Å²) in [6, 6.07) is 0. The van der Waals surface area contributed by atoms with Crippen molar-refractivity contribution >= 4 is 5.71 Å². The van der Waals surface area contributed by atoms with E-state index in [4.69, 9.17) is 0 Å². The van der Waals surface area contributed by atoms with Crippen molar-refractivity contribution in [1.29, 1.82) is 0 Å². The van der Waals surface area contributed by atoms with Crippen LogP contribution in [-0.4, -0.2) is 10.7 Å². The van der Waals surface area contributed by atoms with Crippen LogP contribution in [0.3, 0.4) is 0 Å². The maximum Gasteiger partial charge on any atom is 0.0609 e. The van der Waals surface area contributed by atoms with E-state index in [1.54, 1.807) is 0 Å². The van der Waals surface area contributed by atoms with Crippen LogP contribution in [0.2, 0.25) is 0 Å². The molecule has 0 saturated heterocycles. The Morgan fingerprint density at radius 2 is 2.36 bits per heavy atom. The van der Waals surface area contributed by atoms with Gasteiger partial charge in [-0.1, -0.05) is 12.2 Å². The van der Waals surface area contributed by atoms with E-state index in [1.807, 2.05) is 30.3 Å². The predicted octanol–water partition coefficient (Wildman–Crippen LogP) is 2.04. The molecule has 0 aliphatic carbocycles. The number of fused-ring (bicyclic) bond motifs is 1. The van der Waals surface area contributed by atoms with Gasteiger partial charge in [0.05, 0.1) is 5.70 Å². The fourth-order valence-corrected chi connectivity index (χ4v) is 1.18. The lowest BCUT2D eigenvalue weighted by molar-refractivity contribution is 0.499. The molecule has 2 aliphatic rings. The van der Waals surface area contributed by atoms with Crippen LogP contribution in [0.25, 0.3) is 0 Å². The Morgan fingerprint density at radius 3 is 3.27 bits per heavy atom. The molecule has 0 atom stereocenters. The second-order valence-electron chi connectivity index (χ2n) is 2.71. The molecule has 2 nitrogen and oxygen atoms in total. The fraction of sp³-hybridized carbons (Fsp3) is 0.222. The third-order valence-electron chi connectivity index (χ3n) is 1.75. The Hall–Kier alpha value is -1.31. The SMILES string of the molecule is CC1=NN2C=CC=CC2=CC1. The van der Waals surface area contributed by atoms with Crippen molar-refractivity contribution in [3.8, 4) is 0 Å². The van der Waals surface area contributed by atoms with Crippen molar-refractivity contribution in [3.63, 3.8) is 0 Å². The lowest BCUT2D eigenvalue weighted by atomic mass is 10.2. The quantitative estimate of drug-likeness (QED) is 0.510. The molecular formula is C9H10N2. The minimum Gasteiger partial charge on any atom is -0.241 e. The third-order valence-corrected chi connectivity index (χ3v) is 1.75. The van der Waals surface area contributed by atoms with Crippen molar-refractivity contribution in [3.05, 3.63) is 36.2 Å². The molecule has 0 aromatic rings. The lowest BCUT2D eigenvalue weighted by Crippen LogP contribution is -2.16. The Morgan fingerprint density at radius 1 is 1.45 bits per heavy atom. The molecular weight excluding hydrogens is 136 g/mol. The van der Waals surface area contributed by atoms with E-state index in [1.165, 1.54) is 5.70 Å². The van der Waals surface area contributed by atoms with E-state index in [9.17, 15) is 0 Å². The highest BCUT2D eigenvalue weighted by molar-refractivity contribution is 5.84. The van der Waals surface area contributed by atoms with Crippen molar-refractivity contribution < 1.29 is 0 Å². The molecule has 0 fully saturated rings. The van der Waals surface area contributed by atoms with Crippen molar-refractivity contribution in [2.75, 3.05) is 0 Å². The van der Waals surface area contributed by atoms with E-state index in [0.717, 1.165) is 12.1 Å². The first kappa shape index (κ1) is 6.40. The Labute approximate surface area is 66.2 Å². The maximum atomic E-state index is 4.35. The highest BCUT2D eigenvalue weighted by atomic mass is 15.5. The van der Waals surface area contributed by atoms with E-state index in [-0.39, 0.29) is 0 Å². The summed E-state index contributed by atoms with van der Waals surface area (Å²) in [4.78, 5) is 0.